The summed E-state index contributed by atoms with van der Waals surface area (Å²) in [4.78, 5) is 44.3. The Labute approximate surface area is 157 Å². The molecule has 0 radical (unpaired) electrons. The van der Waals surface area contributed by atoms with Crippen LogP contribution in [-0.4, -0.2) is 25.2 Å². The number of rotatable bonds is 10. The molecule has 0 saturated carbocycles. The van der Waals surface area contributed by atoms with Crippen molar-refractivity contribution in [2.45, 2.75) is 58.1 Å². The Hall–Kier alpha value is -1.12. The van der Waals surface area contributed by atoms with E-state index < -0.39 is 26.8 Å². The van der Waals surface area contributed by atoms with Crippen LogP contribution in [0.2, 0.25) is 0 Å². The van der Waals surface area contributed by atoms with E-state index in [0.717, 1.165) is 12.8 Å². The molecular weight excluding hydrogens is 396 g/mol. The zero-order valence-corrected chi connectivity index (χ0v) is 17.2. The molecule has 0 aliphatic rings. The Morgan fingerprint density at radius 3 is 2.26 bits per heavy atom. The summed E-state index contributed by atoms with van der Waals surface area (Å²) in [6.07, 6.45) is 8.23. The average Bonchev–Trinajstić information content (AvgIpc) is 2.91. The minimum Gasteiger partial charge on any atom is -0.808 e. The molecule has 1 aromatic heterocycles. The van der Waals surface area contributed by atoms with Gasteiger partial charge in [0, 0.05) is 6.20 Å². The Balaban J connectivity index is 2.72. The molecule has 0 saturated heterocycles. The van der Waals surface area contributed by atoms with Crippen LogP contribution < -0.4 is 19.6 Å². The lowest BCUT2D eigenvalue weighted by molar-refractivity contribution is -0.349. The van der Waals surface area contributed by atoms with Gasteiger partial charge in [-0.15, -0.1) is 5.10 Å². The molecule has 0 unspecified atom stereocenters. The van der Waals surface area contributed by atoms with Crippen LogP contribution in [0.1, 0.15) is 45.7 Å². The second-order valence-corrected chi connectivity index (χ2v) is 10.4. The largest absolute Gasteiger partial charge is 0.808 e. The summed E-state index contributed by atoms with van der Waals surface area (Å²) in [5.41, 5.74) is 2.83. The summed E-state index contributed by atoms with van der Waals surface area (Å²) in [6, 6.07) is 0. The quantitative estimate of drug-likeness (QED) is 0.382. The molecule has 0 spiro atoms. The van der Waals surface area contributed by atoms with Crippen LogP contribution in [0.3, 0.4) is 0 Å². The van der Waals surface area contributed by atoms with Gasteiger partial charge in [-0.1, -0.05) is 28.5 Å². The third-order valence-electron chi connectivity index (χ3n) is 3.82. The SMILES string of the molecule is CC(C)=CCC/C(C)=C\CCc1cn(CC(O)(P(=O)([O-])[O-])P(=O)([O-])[O-])nn1. The van der Waals surface area contributed by atoms with Gasteiger partial charge in [-0.25, -0.2) is 4.68 Å². The number of allylic oxidation sites excluding steroid dienone is 4. The fraction of sp³-hybridized carbons (Fsp3) is 0.600. The van der Waals surface area contributed by atoms with Crippen LogP contribution in [0.15, 0.2) is 29.5 Å². The monoisotopic (exact) mass is 419 g/mol. The lowest BCUT2D eigenvalue weighted by Crippen LogP contribution is -2.48. The summed E-state index contributed by atoms with van der Waals surface area (Å²) in [5.74, 6) is 0. The van der Waals surface area contributed by atoms with E-state index in [1.54, 1.807) is 0 Å². The standard InChI is InChI=1S/C15H27N3O7P2/c1-12(2)6-4-7-13(3)8-5-9-14-10-18(17-16-14)11-15(19,26(20,21)22)27(23,24)25/h6,8,10,19H,4-5,7,9,11H2,1-3H3,(H2,20,21,22)(H2,23,24,25)/p-4/b13-8-. The zero-order valence-electron chi connectivity index (χ0n) is 15.4. The van der Waals surface area contributed by atoms with Crippen molar-refractivity contribution < 1.29 is 33.8 Å². The summed E-state index contributed by atoms with van der Waals surface area (Å²) in [5, 5.41) is 12.8. The molecule has 0 aliphatic carbocycles. The van der Waals surface area contributed by atoms with E-state index in [0.29, 0.717) is 23.2 Å². The number of hydrogen-bond donors (Lipinski definition) is 1. The molecule has 0 bridgehead atoms. The van der Waals surface area contributed by atoms with Crippen LogP contribution in [0.4, 0.5) is 0 Å². The Morgan fingerprint density at radius 1 is 1.15 bits per heavy atom. The van der Waals surface area contributed by atoms with Gasteiger partial charge in [0.05, 0.1) is 12.2 Å². The second kappa shape index (κ2) is 9.39. The average molecular weight is 419 g/mol. The highest BCUT2D eigenvalue weighted by Crippen LogP contribution is 2.59. The predicted molar refractivity (Wildman–Crippen MR) is 90.9 cm³/mol. The third kappa shape index (κ3) is 7.08. The van der Waals surface area contributed by atoms with E-state index in [1.807, 2.05) is 26.8 Å². The van der Waals surface area contributed by atoms with Gasteiger partial charge in [0.15, 0.2) is 0 Å². The maximum atomic E-state index is 11.1. The number of aryl methyl sites for hydroxylation is 1. The third-order valence-corrected chi connectivity index (χ3v) is 7.33. The molecule has 27 heavy (non-hydrogen) atoms. The van der Waals surface area contributed by atoms with E-state index >= 15 is 0 Å². The maximum absolute atomic E-state index is 11.1. The number of aromatic nitrogens is 3. The molecule has 12 heteroatoms. The predicted octanol–water partition coefficient (Wildman–Crippen LogP) is -0.623. The van der Waals surface area contributed by atoms with Crippen LogP contribution in [-0.2, 0) is 22.1 Å². The minimum absolute atomic E-state index is 0.393. The first-order chi connectivity index (χ1) is 12.3. The fourth-order valence-electron chi connectivity index (χ4n) is 2.23. The lowest BCUT2D eigenvalue weighted by atomic mass is 10.1. The Bertz CT molecular complexity index is 765. The molecule has 0 atom stereocenters. The molecular formula is C15H23N3O7P2-4. The maximum Gasteiger partial charge on any atom is 0.136 e. The topological polar surface area (TPSA) is 177 Å². The van der Waals surface area contributed by atoms with E-state index in [9.17, 15) is 33.8 Å². The van der Waals surface area contributed by atoms with Crippen molar-refractivity contribution in [3.05, 3.63) is 35.2 Å². The summed E-state index contributed by atoms with van der Waals surface area (Å²) in [6.45, 7) is 4.73. The van der Waals surface area contributed by atoms with Crippen molar-refractivity contribution in [3.63, 3.8) is 0 Å². The van der Waals surface area contributed by atoms with Gasteiger partial charge in [-0.2, -0.15) is 0 Å². The van der Waals surface area contributed by atoms with Crippen molar-refractivity contribution >= 4 is 15.2 Å². The highest BCUT2D eigenvalue weighted by molar-refractivity contribution is 7.69. The van der Waals surface area contributed by atoms with Crippen LogP contribution in [0.5, 0.6) is 0 Å². The van der Waals surface area contributed by atoms with Gasteiger partial charge in [-0.3, -0.25) is 0 Å². The summed E-state index contributed by atoms with van der Waals surface area (Å²) >= 11 is 0. The fourth-order valence-corrected chi connectivity index (χ4v) is 4.06. The molecule has 0 fully saturated rings. The number of nitrogens with zero attached hydrogens (tertiary/aromatic N) is 3. The van der Waals surface area contributed by atoms with Gasteiger partial charge >= 0.3 is 0 Å². The Kier molecular flexibility index (Phi) is 8.31. The van der Waals surface area contributed by atoms with Gasteiger partial charge in [-0.05, 0) is 61.6 Å². The molecule has 154 valence electrons. The molecule has 0 aromatic carbocycles. The Morgan fingerprint density at radius 2 is 1.74 bits per heavy atom. The van der Waals surface area contributed by atoms with E-state index in [1.165, 1.54) is 17.3 Å². The summed E-state index contributed by atoms with van der Waals surface area (Å²) in [7, 11) is -12.3. The van der Waals surface area contributed by atoms with Crippen molar-refractivity contribution in [2.24, 2.45) is 0 Å². The van der Waals surface area contributed by atoms with Crippen LogP contribution >= 0.6 is 15.2 Å². The zero-order chi connectivity index (χ0) is 20.9. The van der Waals surface area contributed by atoms with E-state index in [4.69, 9.17) is 0 Å². The second-order valence-electron chi connectivity index (χ2n) is 6.59. The number of aliphatic hydroxyl groups is 1. The van der Waals surface area contributed by atoms with Gasteiger partial charge in [0.25, 0.3) is 0 Å². The first kappa shape index (κ1) is 23.9. The smallest absolute Gasteiger partial charge is 0.136 e. The lowest BCUT2D eigenvalue weighted by Gasteiger charge is -2.55. The molecule has 1 N–H and O–H groups in total. The highest BCUT2D eigenvalue weighted by atomic mass is 31.2. The molecule has 0 aliphatic heterocycles. The van der Waals surface area contributed by atoms with Gasteiger partial charge in [0.2, 0.25) is 0 Å². The molecule has 1 heterocycles. The normalized spacial score (nSPS) is 13.7. The summed E-state index contributed by atoms with van der Waals surface area (Å²) < 4.78 is 22.8. The van der Waals surface area contributed by atoms with Crippen molar-refractivity contribution in [3.8, 4) is 0 Å². The minimum atomic E-state index is -6.15. The molecule has 1 aromatic rings. The van der Waals surface area contributed by atoms with E-state index in [2.05, 4.69) is 16.4 Å². The van der Waals surface area contributed by atoms with Crippen molar-refractivity contribution in [1.29, 1.82) is 0 Å². The van der Waals surface area contributed by atoms with Crippen LogP contribution in [0.25, 0.3) is 0 Å². The first-order valence-electron chi connectivity index (χ1n) is 8.21. The van der Waals surface area contributed by atoms with Crippen LogP contribution in [0, 0.1) is 0 Å². The molecule has 0 amide bonds. The molecule has 10 nitrogen and oxygen atoms in total. The van der Waals surface area contributed by atoms with Crippen molar-refractivity contribution in [2.75, 3.05) is 0 Å². The van der Waals surface area contributed by atoms with Crippen molar-refractivity contribution in [1.82, 2.24) is 15.0 Å². The van der Waals surface area contributed by atoms with Gasteiger partial charge in [0.1, 0.15) is 5.08 Å². The number of hydrogen-bond acceptors (Lipinski definition) is 9. The van der Waals surface area contributed by atoms with E-state index in [-0.39, 0.29) is 0 Å². The first-order valence-corrected chi connectivity index (χ1v) is 11.3. The van der Waals surface area contributed by atoms with Gasteiger partial charge < -0.3 is 33.8 Å². The highest BCUT2D eigenvalue weighted by Gasteiger charge is 2.36. The molecule has 1 rings (SSSR count).